The first kappa shape index (κ1) is 25.4. The van der Waals surface area contributed by atoms with Crippen molar-refractivity contribution < 1.29 is 23.9 Å². The van der Waals surface area contributed by atoms with Gasteiger partial charge in [0, 0.05) is 11.3 Å². The number of nitrogens with one attached hydrogen (secondary N) is 2. The molecule has 0 atom stereocenters. The molecule has 12 heteroatoms. The first-order chi connectivity index (χ1) is 17.2. The Bertz CT molecular complexity index is 1440. The molecule has 1 aliphatic heterocycles. The van der Waals surface area contributed by atoms with Crippen LogP contribution < -0.4 is 15.5 Å². The third-order valence-corrected chi connectivity index (χ3v) is 6.72. The van der Waals surface area contributed by atoms with Crippen molar-refractivity contribution in [2.24, 2.45) is 0 Å². The Morgan fingerprint density at radius 1 is 1.08 bits per heavy atom. The Hall–Kier alpha value is -3.73. The lowest BCUT2D eigenvalue weighted by molar-refractivity contribution is -0.120. The molecule has 0 aliphatic carbocycles. The number of imide groups is 1. The van der Waals surface area contributed by atoms with Gasteiger partial charge in [0.05, 0.1) is 23.0 Å². The largest absolute Gasteiger partial charge is 0.462 e. The number of nitrogens with zero attached hydrogens (tertiary/aromatic N) is 2. The van der Waals surface area contributed by atoms with Crippen LogP contribution >= 0.6 is 34.5 Å². The standard InChI is InChI=1S/C24H18Cl2N4O5S/c1-3-35-23(34)19-12(2)27-24(36-19)29-20(31)13-7-6-8-14(11-13)28-18-17(26)21(32)30(22(18)33)16-10-5-4-9-15(16)25/h4-11,28H,3H2,1-2H3,(H,27,29,31). The second kappa shape index (κ2) is 10.5. The SMILES string of the molecule is CCOC(=O)c1sc(NC(=O)c2cccc(NC3=C(Cl)C(=O)N(c4ccccc4Cl)C3=O)c2)nc1C. The Morgan fingerprint density at radius 2 is 1.83 bits per heavy atom. The molecule has 1 aliphatic rings. The highest BCUT2D eigenvalue weighted by Gasteiger charge is 2.39. The second-order valence-corrected chi connectivity index (χ2v) is 9.18. The van der Waals surface area contributed by atoms with Gasteiger partial charge in [0.2, 0.25) is 0 Å². The number of esters is 1. The van der Waals surface area contributed by atoms with Crippen LogP contribution in [0.25, 0.3) is 0 Å². The van der Waals surface area contributed by atoms with E-state index in [0.717, 1.165) is 16.2 Å². The molecule has 0 unspecified atom stereocenters. The fourth-order valence-corrected chi connectivity index (χ4v) is 4.64. The number of hydrogen-bond donors (Lipinski definition) is 2. The summed E-state index contributed by atoms with van der Waals surface area (Å²) in [6.07, 6.45) is 0. The maximum absolute atomic E-state index is 13.0. The van der Waals surface area contributed by atoms with Crippen molar-refractivity contribution in [2.45, 2.75) is 13.8 Å². The fourth-order valence-electron chi connectivity index (χ4n) is 3.35. The smallest absolute Gasteiger partial charge is 0.350 e. The van der Waals surface area contributed by atoms with Crippen molar-refractivity contribution >= 4 is 74.7 Å². The molecule has 0 saturated carbocycles. The Labute approximate surface area is 219 Å². The zero-order valence-corrected chi connectivity index (χ0v) is 21.3. The number of amides is 3. The van der Waals surface area contributed by atoms with Crippen LogP contribution in [0.4, 0.5) is 16.5 Å². The number of para-hydroxylation sites is 1. The number of halogens is 2. The molecule has 3 aromatic rings. The first-order valence-electron chi connectivity index (χ1n) is 10.6. The Morgan fingerprint density at radius 3 is 2.56 bits per heavy atom. The number of anilines is 3. The topological polar surface area (TPSA) is 118 Å². The molecule has 0 saturated heterocycles. The van der Waals surface area contributed by atoms with Crippen molar-refractivity contribution in [1.29, 1.82) is 0 Å². The van der Waals surface area contributed by atoms with E-state index >= 15 is 0 Å². The average molecular weight is 545 g/mol. The van der Waals surface area contributed by atoms with Gasteiger partial charge >= 0.3 is 5.97 Å². The van der Waals surface area contributed by atoms with Crippen LogP contribution in [0.3, 0.4) is 0 Å². The summed E-state index contributed by atoms with van der Waals surface area (Å²) < 4.78 is 4.99. The lowest BCUT2D eigenvalue weighted by atomic mass is 10.2. The van der Waals surface area contributed by atoms with E-state index < -0.39 is 23.7 Å². The van der Waals surface area contributed by atoms with Crippen molar-refractivity contribution in [1.82, 2.24) is 4.98 Å². The lowest BCUT2D eigenvalue weighted by Crippen LogP contribution is -2.32. The molecule has 4 rings (SSSR count). The number of carbonyl (C=O) groups is 4. The molecule has 2 N–H and O–H groups in total. The molecule has 0 bridgehead atoms. The molecule has 184 valence electrons. The monoisotopic (exact) mass is 544 g/mol. The maximum atomic E-state index is 13.0. The highest BCUT2D eigenvalue weighted by molar-refractivity contribution is 7.17. The Kier molecular flexibility index (Phi) is 7.39. The number of aryl methyl sites for hydroxylation is 1. The summed E-state index contributed by atoms with van der Waals surface area (Å²) in [5.41, 5.74) is 1.09. The van der Waals surface area contributed by atoms with E-state index in [-0.39, 0.29) is 38.7 Å². The van der Waals surface area contributed by atoms with E-state index in [9.17, 15) is 19.2 Å². The summed E-state index contributed by atoms with van der Waals surface area (Å²) >= 11 is 13.3. The van der Waals surface area contributed by atoms with E-state index in [0.29, 0.717) is 16.3 Å². The first-order valence-corrected chi connectivity index (χ1v) is 12.1. The van der Waals surface area contributed by atoms with E-state index in [1.54, 1.807) is 50.2 Å². The van der Waals surface area contributed by atoms with Gasteiger partial charge in [-0.1, -0.05) is 52.7 Å². The average Bonchev–Trinajstić information content (AvgIpc) is 3.32. The van der Waals surface area contributed by atoms with Gasteiger partial charge in [-0.15, -0.1) is 0 Å². The molecule has 36 heavy (non-hydrogen) atoms. The van der Waals surface area contributed by atoms with Crippen LogP contribution in [0, 0.1) is 6.92 Å². The molecule has 1 aromatic heterocycles. The van der Waals surface area contributed by atoms with E-state index in [4.69, 9.17) is 27.9 Å². The third-order valence-electron chi connectivity index (χ3n) is 4.99. The number of aromatic nitrogens is 1. The number of ether oxygens (including phenoxy) is 1. The number of carbonyl (C=O) groups excluding carboxylic acids is 4. The van der Waals surface area contributed by atoms with Gasteiger partial charge < -0.3 is 10.1 Å². The fraction of sp³-hybridized carbons (Fsp3) is 0.125. The zero-order valence-electron chi connectivity index (χ0n) is 18.9. The van der Waals surface area contributed by atoms with Gasteiger partial charge in [0.25, 0.3) is 17.7 Å². The summed E-state index contributed by atoms with van der Waals surface area (Å²) in [6.45, 7) is 3.57. The molecule has 0 spiro atoms. The molecule has 0 fully saturated rings. The van der Waals surface area contributed by atoms with Gasteiger partial charge in [-0.05, 0) is 44.2 Å². The Balaban J connectivity index is 1.51. The minimum atomic E-state index is -0.720. The summed E-state index contributed by atoms with van der Waals surface area (Å²) in [4.78, 5) is 55.9. The second-order valence-electron chi connectivity index (χ2n) is 7.40. The van der Waals surface area contributed by atoms with Gasteiger partial charge in [-0.3, -0.25) is 19.7 Å². The van der Waals surface area contributed by atoms with Crippen LogP contribution in [-0.4, -0.2) is 35.3 Å². The molecule has 2 aromatic carbocycles. The van der Waals surface area contributed by atoms with Gasteiger partial charge in [0.15, 0.2) is 5.13 Å². The summed E-state index contributed by atoms with van der Waals surface area (Å²) in [6, 6.07) is 12.6. The van der Waals surface area contributed by atoms with Crippen LogP contribution in [0.15, 0.2) is 59.3 Å². The van der Waals surface area contributed by atoms with Crippen molar-refractivity contribution in [3.63, 3.8) is 0 Å². The minimum absolute atomic E-state index is 0.145. The molecule has 9 nitrogen and oxygen atoms in total. The maximum Gasteiger partial charge on any atom is 0.350 e. The zero-order chi connectivity index (χ0) is 26.0. The van der Waals surface area contributed by atoms with Gasteiger partial charge in [0.1, 0.15) is 15.6 Å². The summed E-state index contributed by atoms with van der Waals surface area (Å²) in [5.74, 6) is -2.40. The highest BCUT2D eigenvalue weighted by Crippen LogP contribution is 2.34. The van der Waals surface area contributed by atoms with E-state index in [2.05, 4.69) is 15.6 Å². The molecular formula is C24H18Cl2N4O5S. The highest BCUT2D eigenvalue weighted by atomic mass is 35.5. The van der Waals surface area contributed by atoms with Crippen LogP contribution in [0.2, 0.25) is 5.02 Å². The van der Waals surface area contributed by atoms with Crippen LogP contribution in [0.5, 0.6) is 0 Å². The van der Waals surface area contributed by atoms with Crippen molar-refractivity contribution in [3.8, 4) is 0 Å². The van der Waals surface area contributed by atoms with Gasteiger partial charge in [-0.25, -0.2) is 14.7 Å². The van der Waals surface area contributed by atoms with Crippen molar-refractivity contribution in [3.05, 3.63) is 80.4 Å². The minimum Gasteiger partial charge on any atom is -0.462 e. The van der Waals surface area contributed by atoms with Crippen LogP contribution in [-0.2, 0) is 14.3 Å². The molecule has 0 radical (unpaired) electrons. The third kappa shape index (κ3) is 4.97. The normalized spacial score (nSPS) is 13.3. The molecular weight excluding hydrogens is 527 g/mol. The molecule has 2 heterocycles. The predicted molar refractivity (Wildman–Crippen MR) is 138 cm³/mol. The lowest BCUT2D eigenvalue weighted by Gasteiger charge is -2.16. The van der Waals surface area contributed by atoms with E-state index in [1.807, 2.05) is 0 Å². The predicted octanol–water partition coefficient (Wildman–Crippen LogP) is 4.97. The summed E-state index contributed by atoms with van der Waals surface area (Å²) in [5, 5.41) is 5.62. The summed E-state index contributed by atoms with van der Waals surface area (Å²) in [7, 11) is 0. The quantitative estimate of drug-likeness (QED) is 0.318. The van der Waals surface area contributed by atoms with Crippen molar-refractivity contribution in [2.75, 3.05) is 22.1 Å². The van der Waals surface area contributed by atoms with Gasteiger partial charge in [-0.2, -0.15) is 0 Å². The number of benzene rings is 2. The number of hydrogen-bond acceptors (Lipinski definition) is 8. The number of rotatable bonds is 7. The van der Waals surface area contributed by atoms with E-state index in [1.165, 1.54) is 12.1 Å². The number of thiazole rings is 1. The van der Waals surface area contributed by atoms with Crippen LogP contribution in [0.1, 0.15) is 32.6 Å². The molecule has 3 amide bonds.